The van der Waals surface area contributed by atoms with Crippen LogP contribution in [-0.2, 0) is 0 Å². The van der Waals surface area contributed by atoms with Crippen molar-refractivity contribution in [3.63, 3.8) is 0 Å². The maximum absolute atomic E-state index is 6.03. The number of hydrogen-bond donors (Lipinski definition) is 0. The summed E-state index contributed by atoms with van der Waals surface area (Å²) in [5.74, 6) is 0. The second kappa shape index (κ2) is 5.40. The molecular formula is C10H11BrClN. The van der Waals surface area contributed by atoms with Gasteiger partial charge in [0, 0.05) is 16.7 Å². The third kappa shape index (κ3) is 2.82. The zero-order valence-electron chi connectivity index (χ0n) is 7.43. The molecule has 0 saturated heterocycles. The van der Waals surface area contributed by atoms with Crippen molar-refractivity contribution in [1.29, 1.82) is 0 Å². The molecule has 0 amide bonds. The lowest BCUT2D eigenvalue weighted by atomic mass is 10.3. The molecule has 0 aliphatic rings. The van der Waals surface area contributed by atoms with Gasteiger partial charge in [-0.15, -0.1) is 0 Å². The van der Waals surface area contributed by atoms with Crippen LogP contribution in [0, 0.1) is 0 Å². The van der Waals surface area contributed by atoms with Gasteiger partial charge in [-0.3, -0.25) is 4.98 Å². The Bertz CT molecular complexity index is 386. The maximum atomic E-state index is 6.03. The van der Waals surface area contributed by atoms with Gasteiger partial charge in [-0.2, -0.15) is 0 Å². The van der Waals surface area contributed by atoms with Crippen molar-refractivity contribution in [2.45, 2.75) is 13.3 Å². The van der Waals surface area contributed by atoms with E-state index in [0.717, 1.165) is 27.3 Å². The zero-order chi connectivity index (χ0) is 9.68. The highest BCUT2D eigenvalue weighted by Crippen LogP contribution is 1.95. The molecule has 0 fully saturated rings. The molecule has 1 heterocycles. The molecule has 1 aromatic rings. The highest BCUT2D eigenvalue weighted by atomic mass is 79.9. The van der Waals surface area contributed by atoms with Gasteiger partial charge < -0.3 is 0 Å². The van der Waals surface area contributed by atoms with E-state index in [2.05, 4.69) is 33.9 Å². The molecule has 0 radical (unpaired) electrons. The highest BCUT2D eigenvalue weighted by Gasteiger charge is 1.91. The van der Waals surface area contributed by atoms with Crippen molar-refractivity contribution in [1.82, 2.24) is 4.98 Å². The van der Waals surface area contributed by atoms with E-state index >= 15 is 0 Å². The van der Waals surface area contributed by atoms with Crippen molar-refractivity contribution in [2.75, 3.05) is 5.33 Å². The van der Waals surface area contributed by atoms with Crippen molar-refractivity contribution in [3.8, 4) is 0 Å². The Hall–Kier alpha value is -0.340. The predicted octanol–water partition coefficient (Wildman–Crippen LogP) is 2.10. The number of pyridine rings is 1. The first-order valence-corrected chi connectivity index (χ1v) is 5.66. The van der Waals surface area contributed by atoms with Crippen LogP contribution in [0.25, 0.3) is 12.2 Å². The van der Waals surface area contributed by atoms with E-state index in [1.54, 1.807) is 6.20 Å². The third-order valence-electron chi connectivity index (χ3n) is 1.65. The first-order valence-electron chi connectivity index (χ1n) is 4.16. The van der Waals surface area contributed by atoms with Crippen LogP contribution in [0.3, 0.4) is 0 Å². The Kier molecular flexibility index (Phi) is 4.46. The molecule has 0 aliphatic carbocycles. The second-order valence-corrected chi connectivity index (χ2v) is 3.62. The summed E-state index contributed by atoms with van der Waals surface area (Å²) in [5.41, 5.74) is 0. The number of rotatable bonds is 2. The van der Waals surface area contributed by atoms with E-state index in [1.165, 1.54) is 0 Å². The van der Waals surface area contributed by atoms with Crippen LogP contribution in [0.5, 0.6) is 0 Å². The van der Waals surface area contributed by atoms with Crippen molar-refractivity contribution in [3.05, 3.63) is 27.9 Å². The van der Waals surface area contributed by atoms with E-state index in [1.807, 2.05) is 12.1 Å². The lowest BCUT2D eigenvalue weighted by Crippen LogP contribution is -2.28. The maximum Gasteiger partial charge on any atom is 0.0674 e. The third-order valence-corrected chi connectivity index (χ3v) is 2.30. The summed E-state index contributed by atoms with van der Waals surface area (Å²) >= 11 is 9.38. The van der Waals surface area contributed by atoms with Crippen LogP contribution in [0.1, 0.15) is 13.3 Å². The molecule has 13 heavy (non-hydrogen) atoms. The number of nitrogens with zero attached hydrogens (tertiary/aromatic N) is 1. The Labute approximate surface area is 91.3 Å². The molecule has 0 saturated carbocycles. The molecular weight excluding hydrogens is 249 g/mol. The van der Waals surface area contributed by atoms with E-state index in [0.29, 0.717) is 0 Å². The molecule has 70 valence electrons. The van der Waals surface area contributed by atoms with Gasteiger partial charge in [-0.1, -0.05) is 46.6 Å². The van der Waals surface area contributed by atoms with Gasteiger partial charge >= 0.3 is 0 Å². The minimum Gasteiger partial charge on any atom is -0.257 e. The number of hydrogen-bond acceptors (Lipinski definition) is 1. The first kappa shape index (κ1) is 10.7. The standard InChI is InChI=1S/C10H11BrClN/c1-2-3-10-8(4-6-11)9(12)5-7-13-10/h3-5,7H,2,6H2,1H3/b8-4-,10-3+. The molecule has 0 atom stereocenters. The highest BCUT2D eigenvalue weighted by molar-refractivity contribution is 9.09. The lowest BCUT2D eigenvalue weighted by Gasteiger charge is -1.92. The van der Waals surface area contributed by atoms with Crippen LogP contribution in [-0.4, -0.2) is 10.3 Å². The molecule has 1 aromatic heterocycles. The first-order chi connectivity index (χ1) is 6.29. The van der Waals surface area contributed by atoms with Crippen molar-refractivity contribution < 1.29 is 0 Å². The van der Waals surface area contributed by atoms with Crippen molar-refractivity contribution in [2.24, 2.45) is 0 Å². The average molecular weight is 261 g/mol. The van der Waals surface area contributed by atoms with Gasteiger partial charge in [0.05, 0.1) is 10.4 Å². The van der Waals surface area contributed by atoms with E-state index in [-0.39, 0.29) is 0 Å². The molecule has 0 N–H and O–H groups in total. The van der Waals surface area contributed by atoms with Gasteiger partial charge in [0.2, 0.25) is 0 Å². The van der Waals surface area contributed by atoms with Crippen LogP contribution in [0.4, 0.5) is 0 Å². The second-order valence-electron chi connectivity index (χ2n) is 2.56. The minimum atomic E-state index is 0.758. The Morgan fingerprint density at radius 3 is 2.92 bits per heavy atom. The van der Waals surface area contributed by atoms with Gasteiger partial charge in [0.25, 0.3) is 0 Å². The smallest absolute Gasteiger partial charge is 0.0674 e. The monoisotopic (exact) mass is 259 g/mol. The predicted molar refractivity (Wildman–Crippen MR) is 61.5 cm³/mol. The fourth-order valence-corrected chi connectivity index (χ4v) is 1.65. The number of halogens is 2. The largest absolute Gasteiger partial charge is 0.257 e. The summed E-state index contributed by atoms with van der Waals surface area (Å²) in [5, 5.41) is 3.54. The lowest BCUT2D eigenvalue weighted by molar-refractivity contribution is 1.18. The molecule has 1 nitrogen and oxygen atoms in total. The minimum absolute atomic E-state index is 0.758. The van der Waals surface area contributed by atoms with Crippen molar-refractivity contribution >= 4 is 39.7 Å². The van der Waals surface area contributed by atoms with E-state index < -0.39 is 0 Å². The Morgan fingerprint density at radius 1 is 1.54 bits per heavy atom. The molecule has 0 unspecified atom stereocenters. The quantitative estimate of drug-likeness (QED) is 0.742. The molecule has 0 aliphatic heterocycles. The van der Waals surface area contributed by atoms with Gasteiger partial charge in [0.1, 0.15) is 0 Å². The van der Waals surface area contributed by atoms with E-state index in [4.69, 9.17) is 11.6 Å². The average Bonchev–Trinajstić information content (AvgIpc) is 2.11. The molecule has 0 aromatic carbocycles. The summed E-state index contributed by atoms with van der Waals surface area (Å²) in [6.07, 6.45) is 6.79. The van der Waals surface area contributed by atoms with E-state index in [9.17, 15) is 0 Å². The summed E-state index contributed by atoms with van der Waals surface area (Å²) in [4.78, 5) is 4.26. The van der Waals surface area contributed by atoms with Crippen LogP contribution in [0.2, 0.25) is 5.02 Å². The normalized spacial score (nSPS) is 13.8. The fourth-order valence-electron chi connectivity index (χ4n) is 1.10. The van der Waals surface area contributed by atoms with Gasteiger partial charge in [0.15, 0.2) is 0 Å². The fraction of sp³-hybridized carbons (Fsp3) is 0.300. The van der Waals surface area contributed by atoms with Gasteiger partial charge in [-0.05, 0) is 12.5 Å². The van der Waals surface area contributed by atoms with Gasteiger partial charge in [-0.25, -0.2) is 0 Å². The topological polar surface area (TPSA) is 12.9 Å². The SMILES string of the molecule is CC/C=c1/nccc(Cl)/c1=C/CBr. The zero-order valence-corrected chi connectivity index (χ0v) is 9.77. The molecule has 1 rings (SSSR count). The molecule has 0 bridgehead atoms. The Morgan fingerprint density at radius 2 is 2.31 bits per heavy atom. The molecule has 3 heteroatoms. The summed E-state index contributed by atoms with van der Waals surface area (Å²) in [6.45, 7) is 2.08. The van der Waals surface area contributed by atoms with Crippen LogP contribution >= 0.6 is 27.5 Å². The number of aromatic nitrogens is 1. The molecule has 0 spiro atoms. The van der Waals surface area contributed by atoms with Crippen LogP contribution in [0.15, 0.2) is 12.3 Å². The number of alkyl halides is 1. The Balaban J connectivity index is 3.44. The summed E-state index contributed by atoms with van der Waals surface area (Å²) in [7, 11) is 0. The van der Waals surface area contributed by atoms with Crippen LogP contribution < -0.4 is 10.6 Å². The summed E-state index contributed by atoms with van der Waals surface area (Å²) < 4.78 is 0. The summed E-state index contributed by atoms with van der Waals surface area (Å²) in [6, 6.07) is 1.81.